The molecule has 1 fully saturated rings. The fourth-order valence-electron chi connectivity index (χ4n) is 2.21. The van der Waals surface area contributed by atoms with Gasteiger partial charge in [-0.05, 0) is 58.2 Å². The SMILES string of the molecule is CC(C)Oc1ccc(C(C)NC(C)C(=O)NC2CC2)cc1. The van der Waals surface area contributed by atoms with Crippen LogP contribution in [0.25, 0.3) is 0 Å². The Morgan fingerprint density at radius 1 is 1.14 bits per heavy atom. The molecule has 0 aromatic heterocycles. The number of ether oxygens (including phenoxy) is 1. The third-order valence-electron chi connectivity index (χ3n) is 3.57. The molecule has 1 aromatic carbocycles. The zero-order chi connectivity index (χ0) is 15.4. The highest BCUT2D eigenvalue weighted by molar-refractivity contribution is 5.81. The number of hydrogen-bond donors (Lipinski definition) is 2. The van der Waals surface area contributed by atoms with Crippen LogP contribution in [-0.4, -0.2) is 24.1 Å². The van der Waals surface area contributed by atoms with Crippen molar-refractivity contribution >= 4 is 5.91 Å². The van der Waals surface area contributed by atoms with Gasteiger partial charge >= 0.3 is 0 Å². The van der Waals surface area contributed by atoms with Crippen molar-refractivity contribution in [2.75, 3.05) is 0 Å². The van der Waals surface area contributed by atoms with Gasteiger partial charge in [-0.2, -0.15) is 0 Å². The molecular formula is C17H26N2O2. The second-order valence-electron chi connectivity index (χ2n) is 6.13. The van der Waals surface area contributed by atoms with E-state index in [1.807, 2.05) is 45.0 Å². The molecule has 0 saturated heterocycles. The maximum Gasteiger partial charge on any atom is 0.237 e. The minimum absolute atomic E-state index is 0.0871. The van der Waals surface area contributed by atoms with E-state index in [2.05, 4.69) is 17.6 Å². The molecule has 4 nitrogen and oxygen atoms in total. The first-order chi connectivity index (χ1) is 9.95. The van der Waals surface area contributed by atoms with Gasteiger partial charge in [0.05, 0.1) is 12.1 Å². The largest absolute Gasteiger partial charge is 0.491 e. The quantitative estimate of drug-likeness (QED) is 0.812. The average molecular weight is 290 g/mol. The summed E-state index contributed by atoms with van der Waals surface area (Å²) in [5.74, 6) is 0.963. The summed E-state index contributed by atoms with van der Waals surface area (Å²) in [6, 6.07) is 8.38. The van der Waals surface area contributed by atoms with Crippen LogP contribution in [-0.2, 0) is 4.79 Å². The number of carbonyl (C=O) groups is 1. The normalized spacial score (nSPS) is 17.4. The van der Waals surface area contributed by atoms with Crippen molar-refractivity contribution in [1.29, 1.82) is 0 Å². The minimum Gasteiger partial charge on any atom is -0.491 e. The van der Waals surface area contributed by atoms with Gasteiger partial charge in [0.25, 0.3) is 0 Å². The fraction of sp³-hybridized carbons (Fsp3) is 0.588. The number of benzene rings is 1. The van der Waals surface area contributed by atoms with Gasteiger partial charge in [0.1, 0.15) is 5.75 Å². The summed E-state index contributed by atoms with van der Waals surface area (Å²) in [5.41, 5.74) is 1.15. The lowest BCUT2D eigenvalue weighted by atomic mass is 10.1. The van der Waals surface area contributed by atoms with Crippen LogP contribution in [0.4, 0.5) is 0 Å². The highest BCUT2D eigenvalue weighted by Gasteiger charge is 2.26. The van der Waals surface area contributed by atoms with Crippen LogP contribution in [0, 0.1) is 0 Å². The van der Waals surface area contributed by atoms with Gasteiger partial charge in [-0.25, -0.2) is 0 Å². The van der Waals surface area contributed by atoms with Gasteiger partial charge in [0.15, 0.2) is 0 Å². The lowest BCUT2D eigenvalue weighted by molar-refractivity contribution is -0.123. The molecule has 2 rings (SSSR count). The van der Waals surface area contributed by atoms with E-state index >= 15 is 0 Å². The van der Waals surface area contributed by atoms with E-state index in [4.69, 9.17) is 4.74 Å². The number of carbonyl (C=O) groups excluding carboxylic acids is 1. The molecule has 0 spiro atoms. The summed E-state index contributed by atoms with van der Waals surface area (Å²) in [6.45, 7) is 8.00. The molecule has 1 saturated carbocycles. The Labute approximate surface area is 127 Å². The average Bonchev–Trinajstić information content (AvgIpc) is 3.22. The van der Waals surface area contributed by atoms with Crippen LogP contribution in [0.2, 0.25) is 0 Å². The first-order valence-corrected chi connectivity index (χ1v) is 7.78. The van der Waals surface area contributed by atoms with Crippen molar-refractivity contribution < 1.29 is 9.53 Å². The molecule has 1 aliphatic rings. The molecule has 0 radical (unpaired) electrons. The lowest BCUT2D eigenvalue weighted by Gasteiger charge is -2.20. The standard InChI is InChI=1S/C17H26N2O2/c1-11(2)21-16-9-5-14(6-10-16)12(3)18-13(4)17(20)19-15-7-8-15/h5-6,9-13,15,18H,7-8H2,1-4H3,(H,19,20). The van der Waals surface area contributed by atoms with Gasteiger partial charge in [0, 0.05) is 12.1 Å². The summed E-state index contributed by atoms with van der Waals surface area (Å²) in [7, 11) is 0. The Bertz CT molecular complexity index is 466. The van der Waals surface area contributed by atoms with Crippen LogP contribution < -0.4 is 15.4 Å². The van der Waals surface area contributed by atoms with Gasteiger partial charge < -0.3 is 10.1 Å². The minimum atomic E-state index is -0.188. The Morgan fingerprint density at radius 2 is 1.76 bits per heavy atom. The van der Waals surface area contributed by atoms with E-state index < -0.39 is 0 Å². The van der Waals surface area contributed by atoms with Crippen LogP contribution in [0.3, 0.4) is 0 Å². The van der Waals surface area contributed by atoms with E-state index in [9.17, 15) is 4.79 Å². The van der Waals surface area contributed by atoms with Gasteiger partial charge in [0.2, 0.25) is 5.91 Å². The summed E-state index contributed by atoms with van der Waals surface area (Å²) in [5, 5.41) is 6.36. The number of amides is 1. The fourth-order valence-corrected chi connectivity index (χ4v) is 2.21. The molecule has 21 heavy (non-hydrogen) atoms. The highest BCUT2D eigenvalue weighted by atomic mass is 16.5. The maximum atomic E-state index is 11.9. The van der Waals surface area contributed by atoms with E-state index in [-0.39, 0.29) is 24.1 Å². The third kappa shape index (κ3) is 5.05. The van der Waals surface area contributed by atoms with E-state index in [1.54, 1.807) is 0 Å². The predicted molar refractivity (Wildman–Crippen MR) is 84.4 cm³/mol. The zero-order valence-electron chi connectivity index (χ0n) is 13.3. The second kappa shape index (κ2) is 6.94. The predicted octanol–water partition coefficient (Wildman–Crippen LogP) is 2.79. The molecule has 0 bridgehead atoms. The van der Waals surface area contributed by atoms with Crippen molar-refractivity contribution in [3.8, 4) is 5.75 Å². The molecule has 0 heterocycles. The lowest BCUT2D eigenvalue weighted by Crippen LogP contribution is -2.43. The molecule has 0 aliphatic heterocycles. The van der Waals surface area contributed by atoms with E-state index in [1.165, 1.54) is 0 Å². The Morgan fingerprint density at radius 3 is 2.29 bits per heavy atom. The van der Waals surface area contributed by atoms with Crippen LogP contribution in [0.15, 0.2) is 24.3 Å². The second-order valence-corrected chi connectivity index (χ2v) is 6.13. The van der Waals surface area contributed by atoms with Crippen molar-refractivity contribution in [1.82, 2.24) is 10.6 Å². The first kappa shape index (κ1) is 15.8. The third-order valence-corrected chi connectivity index (χ3v) is 3.57. The summed E-state index contributed by atoms with van der Waals surface area (Å²) in [6.07, 6.45) is 2.41. The van der Waals surface area contributed by atoms with Crippen molar-refractivity contribution in [2.45, 2.75) is 64.8 Å². The molecule has 2 unspecified atom stereocenters. The molecule has 4 heteroatoms. The Kier molecular flexibility index (Phi) is 5.23. The smallest absolute Gasteiger partial charge is 0.237 e. The van der Waals surface area contributed by atoms with E-state index in [0.717, 1.165) is 24.2 Å². The van der Waals surface area contributed by atoms with Crippen molar-refractivity contribution in [2.24, 2.45) is 0 Å². The molecule has 116 valence electrons. The molecule has 2 atom stereocenters. The van der Waals surface area contributed by atoms with Crippen LogP contribution >= 0.6 is 0 Å². The Hall–Kier alpha value is -1.55. The van der Waals surface area contributed by atoms with Gasteiger partial charge in [-0.3, -0.25) is 10.1 Å². The number of rotatable bonds is 7. The topological polar surface area (TPSA) is 50.4 Å². The first-order valence-electron chi connectivity index (χ1n) is 7.78. The van der Waals surface area contributed by atoms with Gasteiger partial charge in [-0.15, -0.1) is 0 Å². The summed E-state index contributed by atoms with van der Waals surface area (Å²) >= 11 is 0. The monoisotopic (exact) mass is 290 g/mol. The highest BCUT2D eigenvalue weighted by Crippen LogP contribution is 2.20. The molecule has 1 aliphatic carbocycles. The molecule has 1 amide bonds. The molecule has 2 N–H and O–H groups in total. The molecular weight excluding hydrogens is 264 g/mol. The van der Waals surface area contributed by atoms with Gasteiger partial charge in [-0.1, -0.05) is 12.1 Å². The van der Waals surface area contributed by atoms with Crippen LogP contribution in [0.5, 0.6) is 5.75 Å². The van der Waals surface area contributed by atoms with Crippen molar-refractivity contribution in [3.63, 3.8) is 0 Å². The molecule has 1 aromatic rings. The zero-order valence-corrected chi connectivity index (χ0v) is 13.3. The van der Waals surface area contributed by atoms with Crippen LogP contribution in [0.1, 0.15) is 52.1 Å². The van der Waals surface area contributed by atoms with Crippen molar-refractivity contribution in [3.05, 3.63) is 29.8 Å². The Balaban J connectivity index is 1.86. The number of nitrogens with one attached hydrogen (secondary N) is 2. The maximum absolute atomic E-state index is 11.9. The number of hydrogen-bond acceptors (Lipinski definition) is 3. The van der Waals surface area contributed by atoms with E-state index in [0.29, 0.717) is 6.04 Å². The summed E-state index contributed by atoms with van der Waals surface area (Å²) < 4.78 is 5.63. The summed E-state index contributed by atoms with van der Waals surface area (Å²) in [4.78, 5) is 11.9.